The molecule has 3 rings (SSSR count). The molecule has 126 valence electrons. The first-order chi connectivity index (χ1) is 11.6. The molecule has 4 nitrogen and oxygen atoms in total. The zero-order chi connectivity index (χ0) is 17.9. The summed E-state index contributed by atoms with van der Waals surface area (Å²) in [5.41, 5.74) is 17.0. The highest BCUT2D eigenvalue weighted by Crippen LogP contribution is 2.14. The number of fused-ring (bicyclic) bond motifs is 1. The molecular formula is C20H26N4. The molecule has 3 aromatic rings. The fourth-order valence-corrected chi connectivity index (χ4v) is 2.02. The van der Waals surface area contributed by atoms with Gasteiger partial charge >= 0.3 is 0 Å². The van der Waals surface area contributed by atoms with Crippen LogP contribution >= 0.6 is 0 Å². The third-order valence-corrected chi connectivity index (χ3v) is 3.14. The van der Waals surface area contributed by atoms with Gasteiger partial charge in [-0.25, -0.2) is 0 Å². The predicted octanol–water partition coefficient (Wildman–Crippen LogP) is 4.47. The third kappa shape index (κ3) is 5.72. The van der Waals surface area contributed by atoms with Gasteiger partial charge in [0.2, 0.25) is 0 Å². The highest BCUT2D eigenvalue weighted by atomic mass is 14.8. The lowest BCUT2D eigenvalue weighted by Gasteiger charge is -2.00. The van der Waals surface area contributed by atoms with Crippen LogP contribution in [0.5, 0.6) is 0 Å². The van der Waals surface area contributed by atoms with E-state index in [4.69, 9.17) is 11.5 Å². The molecule has 4 heteroatoms. The topological polar surface area (TPSA) is 77.8 Å². The molecule has 4 N–H and O–H groups in total. The smallest absolute Gasteiger partial charge is 0.0889 e. The van der Waals surface area contributed by atoms with Crippen molar-refractivity contribution < 1.29 is 0 Å². The number of benzene rings is 2. The lowest BCUT2D eigenvalue weighted by Crippen LogP contribution is -1.90. The molecule has 0 fully saturated rings. The van der Waals surface area contributed by atoms with Gasteiger partial charge in [-0.15, -0.1) is 0 Å². The standard InChI is InChI=1S/C9H8N2.C9H12N2.C2H6/c1-7-2-3-8-9(6-7)11-5-4-10-8;1-7-2-3-9(11)8(6-7)4-5-10;1-2/h2-6H,1H3;2-6H,10-11H2,1H3;1-2H3/b;5-4-;. The molecule has 0 bridgehead atoms. The fourth-order valence-electron chi connectivity index (χ4n) is 2.02. The van der Waals surface area contributed by atoms with E-state index in [0.717, 1.165) is 22.3 Å². The van der Waals surface area contributed by atoms with E-state index in [1.807, 2.05) is 64.1 Å². The van der Waals surface area contributed by atoms with Gasteiger partial charge in [0.25, 0.3) is 0 Å². The normalized spacial score (nSPS) is 9.83. The quantitative estimate of drug-likeness (QED) is 0.648. The third-order valence-electron chi connectivity index (χ3n) is 3.14. The van der Waals surface area contributed by atoms with E-state index >= 15 is 0 Å². The molecule has 0 aliphatic carbocycles. The van der Waals surface area contributed by atoms with E-state index < -0.39 is 0 Å². The van der Waals surface area contributed by atoms with Crippen molar-refractivity contribution in [3.05, 3.63) is 71.7 Å². The average Bonchev–Trinajstić information content (AvgIpc) is 2.61. The summed E-state index contributed by atoms with van der Waals surface area (Å²) in [6.07, 6.45) is 6.70. The minimum absolute atomic E-state index is 0.761. The van der Waals surface area contributed by atoms with Crippen molar-refractivity contribution in [2.75, 3.05) is 5.73 Å². The van der Waals surface area contributed by atoms with Crippen LogP contribution in [0, 0.1) is 13.8 Å². The van der Waals surface area contributed by atoms with Gasteiger partial charge in [-0.2, -0.15) is 0 Å². The maximum atomic E-state index is 5.67. The Morgan fingerprint density at radius 1 is 0.833 bits per heavy atom. The minimum atomic E-state index is 0.761. The van der Waals surface area contributed by atoms with Crippen molar-refractivity contribution in [3.63, 3.8) is 0 Å². The number of hydrogen-bond acceptors (Lipinski definition) is 4. The van der Waals surface area contributed by atoms with Crippen molar-refractivity contribution in [2.24, 2.45) is 5.73 Å². The van der Waals surface area contributed by atoms with E-state index in [9.17, 15) is 0 Å². The highest BCUT2D eigenvalue weighted by Gasteiger charge is 1.93. The molecule has 1 aromatic heterocycles. The van der Waals surface area contributed by atoms with Crippen LogP contribution < -0.4 is 11.5 Å². The Morgan fingerprint density at radius 2 is 1.42 bits per heavy atom. The van der Waals surface area contributed by atoms with Gasteiger partial charge in [0.1, 0.15) is 0 Å². The molecule has 0 saturated heterocycles. The second kappa shape index (κ2) is 10.0. The van der Waals surface area contributed by atoms with Gasteiger partial charge in [-0.3, -0.25) is 9.97 Å². The SMILES string of the molecule is CC.Cc1ccc(N)c(/C=C\N)c1.Cc1ccc2nccnc2c1. The van der Waals surface area contributed by atoms with Crippen molar-refractivity contribution in [3.8, 4) is 0 Å². The van der Waals surface area contributed by atoms with E-state index in [1.165, 1.54) is 17.3 Å². The monoisotopic (exact) mass is 322 g/mol. The van der Waals surface area contributed by atoms with Crippen LogP contribution in [0.4, 0.5) is 5.69 Å². The van der Waals surface area contributed by atoms with Crippen LogP contribution in [-0.4, -0.2) is 9.97 Å². The van der Waals surface area contributed by atoms with Crippen LogP contribution in [0.25, 0.3) is 17.1 Å². The number of hydrogen-bond donors (Lipinski definition) is 2. The Hall–Kier alpha value is -2.88. The Kier molecular flexibility index (Phi) is 7.99. The van der Waals surface area contributed by atoms with Crippen LogP contribution in [-0.2, 0) is 0 Å². The maximum Gasteiger partial charge on any atom is 0.0889 e. The second-order valence-electron chi connectivity index (χ2n) is 5.04. The molecule has 0 aliphatic heterocycles. The molecule has 0 amide bonds. The number of nitrogen functional groups attached to an aromatic ring is 1. The second-order valence-corrected chi connectivity index (χ2v) is 5.04. The van der Waals surface area contributed by atoms with Crippen molar-refractivity contribution >= 4 is 22.8 Å². The maximum absolute atomic E-state index is 5.67. The first-order valence-corrected chi connectivity index (χ1v) is 8.02. The summed E-state index contributed by atoms with van der Waals surface area (Å²) >= 11 is 0. The zero-order valence-corrected chi connectivity index (χ0v) is 14.8. The summed E-state index contributed by atoms with van der Waals surface area (Å²) in [5.74, 6) is 0. The molecular weight excluding hydrogens is 296 g/mol. The number of nitrogens with two attached hydrogens (primary N) is 2. The highest BCUT2D eigenvalue weighted by molar-refractivity contribution is 5.74. The number of aromatic nitrogens is 2. The van der Waals surface area contributed by atoms with E-state index in [1.54, 1.807) is 18.5 Å². The molecule has 0 saturated carbocycles. The molecule has 0 unspecified atom stereocenters. The Bertz CT molecular complexity index is 795. The number of aryl methyl sites for hydroxylation is 2. The number of nitrogens with zero attached hydrogens (tertiary/aromatic N) is 2. The van der Waals surface area contributed by atoms with Gasteiger partial charge in [0, 0.05) is 18.1 Å². The van der Waals surface area contributed by atoms with Gasteiger partial charge in [-0.1, -0.05) is 31.5 Å². The molecule has 1 heterocycles. The van der Waals surface area contributed by atoms with Crippen LogP contribution in [0.2, 0.25) is 0 Å². The first kappa shape index (κ1) is 19.2. The largest absolute Gasteiger partial charge is 0.405 e. The van der Waals surface area contributed by atoms with Crippen molar-refractivity contribution in [2.45, 2.75) is 27.7 Å². The summed E-state index contributed by atoms with van der Waals surface area (Å²) in [5, 5.41) is 0. The molecule has 0 atom stereocenters. The summed E-state index contributed by atoms with van der Waals surface area (Å²) in [4.78, 5) is 8.34. The molecule has 0 spiro atoms. The van der Waals surface area contributed by atoms with Gasteiger partial charge in [0.15, 0.2) is 0 Å². The van der Waals surface area contributed by atoms with E-state index in [-0.39, 0.29) is 0 Å². The molecule has 2 aromatic carbocycles. The van der Waals surface area contributed by atoms with Gasteiger partial charge in [-0.05, 0) is 61.5 Å². The molecule has 0 radical (unpaired) electrons. The minimum Gasteiger partial charge on any atom is -0.405 e. The summed E-state index contributed by atoms with van der Waals surface area (Å²) in [6.45, 7) is 8.07. The predicted molar refractivity (Wildman–Crippen MR) is 104 cm³/mol. The molecule has 0 aliphatic rings. The van der Waals surface area contributed by atoms with Gasteiger partial charge in [0.05, 0.1) is 11.0 Å². The van der Waals surface area contributed by atoms with E-state index in [0.29, 0.717) is 0 Å². The average molecular weight is 322 g/mol. The summed E-state index contributed by atoms with van der Waals surface area (Å²) in [7, 11) is 0. The van der Waals surface area contributed by atoms with Crippen LogP contribution in [0.15, 0.2) is 55.0 Å². The summed E-state index contributed by atoms with van der Waals surface area (Å²) < 4.78 is 0. The number of anilines is 1. The Morgan fingerprint density at radius 3 is 2.08 bits per heavy atom. The van der Waals surface area contributed by atoms with Crippen LogP contribution in [0.3, 0.4) is 0 Å². The number of rotatable bonds is 1. The lowest BCUT2D eigenvalue weighted by atomic mass is 10.1. The van der Waals surface area contributed by atoms with Crippen molar-refractivity contribution in [1.29, 1.82) is 0 Å². The Balaban J connectivity index is 0.000000218. The zero-order valence-electron chi connectivity index (χ0n) is 14.8. The van der Waals surface area contributed by atoms with Crippen LogP contribution in [0.1, 0.15) is 30.5 Å². The summed E-state index contributed by atoms with van der Waals surface area (Å²) in [6, 6.07) is 11.9. The molecule has 24 heavy (non-hydrogen) atoms. The van der Waals surface area contributed by atoms with Crippen molar-refractivity contribution in [1.82, 2.24) is 9.97 Å². The first-order valence-electron chi connectivity index (χ1n) is 8.02. The van der Waals surface area contributed by atoms with E-state index in [2.05, 4.69) is 9.97 Å². The lowest BCUT2D eigenvalue weighted by molar-refractivity contribution is 1.28. The van der Waals surface area contributed by atoms with Gasteiger partial charge < -0.3 is 11.5 Å². The Labute approximate surface area is 144 Å². The fraction of sp³-hybridized carbons (Fsp3) is 0.200.